The number of aromatic nitrogens is 1. The van der Waals surface area contributed by atoms with Gasteiger partial charge in [-0.05, 0) is 38.3 Å². The number of aryl methyl sites for hydroxylation is 1. The lowest BCUT2D eigenvalue weighted by Gasteiger charge is -2.26. The second-order valence-electron chi connectivity index (χ2n) is 6.58. The maximum atomic E-state index is 12.3. The molecule has 3 rings (SSSR count). The fraction of sp³-hybridized carbons (Fsp3) is 0.500. The summed E-state index contributed by atoms with van der Waals surface area (Å²) in [5, 5.41) is 0. The molecule has 27 heavy (non-hydrogen) atoms. The van der Waals surface area contributed by atoms with E-state index in [1.165, 1.54) is 11.3 Å². The number of sulfone groups is 1. The molecule has 1 aliphatic heterocycles. The third-order valence-electron chi connectivity index (χ3n) is 4.52. The van der Waals surface area contributed by atoms with Gasteiger partial charge in [-0.3, -0.25) is 9.59 Å². The number of nitrogens with zero attached hydrogens (tertiary/aromatic N) is 3. The average molecular weight is 410 g/mol. The van der Waals surface area contributed by atoms with E-state index in [0.29, 0.717) is 24.4 Å². The SMILES string of the molecule is CCn1c(=NC(=O)CS(=O)(=O)CC(=O)N2CCCCC2)sc2ccccc21. The number of para-hydroxylation sites is 1. The number of rotatable bonds is 5. The zero-order valence-corrected chi connectivity index (χ0v) is 16.9. The quantitative estimate of drug-likeness (QED) is 0.750. The van der Waals surface area contributed by atoms with Crippen molar-refractivity contribution in [1.29, 1.82) is 0 Å². The number of hydrogen-bond donors (Lipinski definition) is 0. The second kappa shape index (κ2) is 8.35. The number of likely N-dealkylation sites (tertiary alicyclic amines) is 1. The fourth-order valence-electron chi connectivity index (χ4n) is 3.21. The van der Waals surface area contributed by atoms with E-state index in [-0.39, 0.29) is 0 Å². The maximum absolute atomic E-state index is 12.3. The van der Waals surface area contributed by atoms with Crippen molar-refractivity contribution >= 4 is 43.2 Å². The highest BCUT2D eigenvalue weighted by molar-refractivity contribution is 7.92. The van der Waals surface area contributed by atoms with Crippen LogP contribution < -0.4 is 4.80 Å². The van der Waals surface area contributed by atoms with Gasteiger partial charge in [0, 0.05) is 19.6 Å². The number of thiazole rings is 1. The van der Waals surface area contributed by atoms with Crippen LogP contribution in [0.3, 0.4) is 0 Å². The fourth-order valence-corrected chi connectivity index (χ4v) is 5.43. The third kappa shape index (κ3) is 4.84. The van der Waals surface area contributed by atoms with Crippen LogP contribution in [-0.2, 0) is 26.0 Å². The van der Waals surface area contributed by atoms with Gasteiger partial charge in [0.2, 0.25) is 5.91 Å². The molecule has 1 saturated heterocycles. The van der Waals surface area contributed by atoms with Crippen LogP contribution in [0.4, 0.5) is 0 Å². The predicted molar refractivity (Wildman–Crippen MR) is 105 cm³/mol. The van der Waals surface area contributed by atoms with Crippen LogP contribution in [0.15, 0.2) is 29.3 Å². The number of fused-ring (bicyclic) bond motifs is 1. The molecule has 0 atom stereocenters. The van der Waals surface area contributed by atoms with Crippen molar-refractivity contribution in [3.05, 3.63) is 29.1 Å². The smallest absolute Gasteiger partial charge is 0.263 e. The van der Waals surface area contributed by atoms with Crippen molar-refractivity contribution in [2.24, 2.45) is 4.99 Å². The van der Waals surface area contributed by atoms with Gasteiger partial charge in [-0.25, -0.2) is 8.42 Å². The van der Waals surface area contributed by atoms with Crippen LogP contribution in [0.1, 0.15) is 26.2 Å². The summed E-state index contributed by atoms with van der Waals surface area (Å²) in [6.45, 7) is 3.74. The molecule has 1 aliphatic rings. The first-order valence-electron chi connectivity index (χ1n) is 9.04. The van der Waals surface area contributed by atoms with Crippen molar-refractivity contribution in [3.63, 3.8) is 0 Å². The molecular weight excluding hydrogens is 386 g/mol. The Kier molecular flexibility index (Phi) is 6.11. The molecular formula is C18H23N3O4S2. The van der Waals surface area contributed by atoms with Crippen LogP contribution >= 0.6 is 11.3 Å². The van der Waals surface area contributed by atoms with E-state index >= 15 is 0 Å². The van der Waals surface area contributed by atoms with Gasteiger partial charge in [-0.15, -0.1) is 0 Å². The minimum Gasteiger partial charge on any atom is -0.342 e. The van der Waals surface area contributed by atoms with Crippen LogP contribution in [0, 0.1) is 0 Å². The van der Waals surface area contributed by atoms with Crippen LogP contribution in [0.2, 0.25) is 0 Å². The highest BCUT2D eigenvalue weighted by Gasteiger charge is 2.25. The van der Waals surface area contributed by atoms with Crippen molar-refractivity contribution in [1.82, 2.24) is 9.47 Å². The van der Waals surface area contributed by atoms with Gasteiger partial charge in [0.05, 0.1) is 10.2 Å². The third-order valence-corrected chi connectivity index (χ3v) is 6.95. The number of amides is 2. The van der Waals surface area contributed by atoms with Crippen LogP contribution in [-0.4, -0.2) is 54.3 Å². The van der Waals surface area contributed by atoms with Crippen LogP contribution in [0.5, 0.6) is 0 Å². The molecule has 0 radical (unpaired) electrons. The summed E-state index contributed by atoms with van der Waals surface area (Å²) < 4.78 is 27.4. The minimum absolute atomic E-state index is 0.423. The highest BCUT2D eigenvalue weighted by atomic mass is 32.2. The lowest BCUT2D eigenvalue weighted by atomic mass is 10.1. The zero-order valence-electron chi connectivity index (χ0n) is 15.3. The molecule has 0 N–H and O–H groups in total. The molecule has 0 spiro atoms. The van der Waals surface area contributed by atoms with E-state index in [1.807, 2.05) is 35.8 Å². The van der Waals surface area contributed by atoms with E-state index < -0.39 is 33.2 Å². The number of hydrogen-bond acceptors (Lipinski definition) is 5. The number of benzene rings is 1. The van der Waals surface area contributed by atoms with E-state index in [9.17, 15) is 18.0 Å². The van der Waals surface area contributed by atoms with Gasteiger partial charge in [-0.2, -0.15) is 4.99 Å². The summed E-state index contributed by atoms with van der Waals surface area (Å²) in [6, 6.07) is 7.68. The van der Waals surface area contributed by atoms with Gasteiger partial charge in [0.15, 0.2) is 14.6 Å². The lowest BCUT2D eigenvalue weighted by molar-refractivity contribution is -0.129. The first kappa shape index (κ1) is 19.8. The lowest BCUT2D eigenvalue weighted by Crippen LogP contribution is -2.40. The summed E-state index contributed by atoms with van der Waals surface area (Å²) in [7, 11) is -3.84. The number of carbonyl (C=O) groups excluding carboxylic acids is 2. The highest BCUT2D eigenvalue weighted by Crippen LogP contribution is 2.16. The normalized spacial score (nSPS) is 16.0. The number of piperidine rings is 1. The van der Waals surface area contributed by atoms with E-state index in [0.717, 1.165) is 29.5 Å². The molecule has 0 unspecified atom stereocenters. The molecule has 146 valence electrons. The van der Waals surface area contributed by atoms with Gasteiger partial charge >= 0.3 is 0 Å². The van der Waals surface area contributed by atoms with Crippen LogP contribution in [0.25, 0.3) is 10.2 Å². The summed E-state index contributed by atoms with van der Waals surface area (Å²) >= 11 is 1.34. The Morgan fingerprint density at radius 3 is 2.52 bits per heavy atom. The van der Waals surface area contributed by atoms with Crippen molar-refractivity contribution in [2.75, 3.05) is 24.6 Å². The maximum Gasteiger partial charge on any atom is 0.263 e. The first-order chi connectivity index (χ1) is 12.9. The summed E-state index contributed by atoms with van der Waals surface area (Å²) in [5.74, 6) is -2.54. The molecule has 2 heterocycles. The largest absolute Gasteiger partial charge is 0.342 e. The van der Waals surface area contributed by atoms with E-state index in [2.05, 4.69) is 4.99 Å². The second-order valence-corrected chi connectivity index (χ2v) is 9.65. The Bertz CT molecular complexity index is 1010. The predicted octanol–water partition coefficient (Wildman–Crippen LogP) is 1.58. The Balaban J connectivity index is 1.74. The molecule has 1 aromatic carbocycles. The minimum atomic E-state index is -3.84. The Hall–Kier alpha value is -2.00. The molecule has 2 amide bonds. The topological polar surface area (TPSA) is 88.8 Å². The molecule has 0 aliphatic carbocycles. The molecule has 7 nitrogen and oxygen atoms in total. The number of carbonyl (C=O) groups is 2. The van der Waals surface area contributed by atoms with Gasteiger partial charge in [-0.1, -0.05) is 23.5 Å². The average Bonchev–Trinajstić information content (AvgIpc) is 2.98. The Labute approximate surface area is 162 Å². The molecule has 0 bridgehead atoms. The van der Waals surface area contributed by atoms with Gasteiger partial charge in [0.25, 0.3) is 5.91 Å². The Morgan fingerprint density at radius 1 is 1.11 bits per heavy atom. The summed E-state index contributed by atoms with van der Waals surface area (Å²) in [5.41, 5.74) is 0.958. The Morgan fingerprint density at radius 2 is 1.81 bits per heavy atom. The summed E-state index contributed by atoms with van der Waals surface area (Å²) in [4.78, 5) is 30.5. The standard InChI is InChI=1S/C18H23N3O4S2/c1-2-21-14-8-4-5-9-15(14)26-18(21)19-16(22)12-27(24,25)13-17(23)20-10-6-3-7-11-20/h4-5,8-9H,2-3,6-7,10-13H2,1H3. The monoisotopic (exact) mass is 409 g/mol. The van der Waals surface area contributed by atoms with E-state index in [1.54, 1.807) is 4.90 Å². The zero-order chi connectivity index (χ0) is 19.4. The van der Waals surface area contributed by atoms with Crippen molar-refractivity contribution in [2.45, 2.75) is 32.7 Å². The summed E-state index contributed by atoms with van der Waals surface area (Å²) in [6.07, 6.45) is 2.84. The molecule has 0 saturated carbocycles. The molecule has 2 aromatic rings. The van der Waals surface area contributed by atoms with Crippen molar-refractivity contribution < 1.29 is 18.0 Å². The van der Waals surface area contributed by atoms with Gasteiger partial charge < -0.3 is 9.47 Å². The van der Waals surface area contributed by atoms with Crippen molar-refractivity contribution in [3.8, 4) is 0 Å². The molecule has 1 fully saturated rings. The molecule has 9 heteroatoms. The van der Waals surface area contributed by atoms with Gasteiger partial charge in [0.1, 0.15) is 11.5 Å². The molecule has 1 aromatic heterocycles. The first-order valence-corrected chi connectivity index (χ1v) is 11.7. The van der Waals surface area contributed by atoms with E-state index in [4.69, 9.17) is 0 Å².